The third-order valence-corrected chi connectivity index (χ3v) is 8.64. The zero-order chi connectivity index (χ0) is 30.7. The maximum atomic E-state index is 14.1. The number of hydrogen-bond acceptors (Lipinski definition) is 8. The number of ether oxygens (including phenoxy) is 5. The van der Waals surface area contributed by atoms with Crippen LogP contribution in [-0.4, -0.2) is 40.2 Å². The molecule has 3 aromatic rings. The first-order valence-electron chi connectivity index (χ1n) is 13.9. The molecule has 5 rings (SSSR count). The van der Waals surface area contributed by atoms with Crippen molar-refractivity contribution in [1.82, 2.24) is 5.32 Å². The Kier molecular flexibility index (Phi) is 9.11. The molecule has 1 aliphatic heterocycles. The van der Waals surface area contributed by atoms with Crippen LogP contribution in [0.25, 0.3) is 0 Å². The van der Waals surface area contributed by atoms with E-state index >= 15 is 0 Å². The summed E-state index contributed by atoms with van der Waals surface area (Å²) in [6.45, 7) is 1.95. The molecular weight excluding hydrogens is 614 g/mol. The van der Waals surface area contributed by atoms with Gasteiger partial charge in [-0.1, -0.05) is 52.3 Å². The summed E-state index contributed by atoms with van der Waals surface area (Å²) < 4.78 is 28.5. The summed E-state index contributed by atoms with van der Waals surface area (Å²) in [7, 11) is 6.30. The smallest absolute Gasteiger partial charge is 0.337 e. The molecule has 1 N–H and O–H groups in total. The fourth-order valence-electron chi connectivity index (χ4n) is 5.86. The van der Waals surface area contributed by atoms with Gasteiger partial charge >= 0.3 is 5.97 Å². The van der Waals surface area contributed by atoms with E-state index in [1.165, 1.54) is 0 Å². The maximum absolute atomic E-state index is 14.1. The number of ketones is 1. The third-order valence-electron chi connectivity index (χ3n) is 7.95. The molecule has 2 atom stereocenters. The lowest BCUT2D eigenvalue weighted by Gasteiger charge is -2.37. The van der Waals surface area contributed by atoms with Gasteiger partial charge in [0, 0.05) is 33.8 Å². The average Bonchev–Trinajstić information content (AvgIpc) is 3.02. The van der Waals surface area contributed by atoms with Crippen LogP contribution in [0.4, 0.5) is 0 Å². The lowest BCUT2D eigenvalue weighted by atomic mass is 9.71. The van der Waals surface area contributed by atoms with Crippen LogP contribution in [0.1, 0.15) is 48.3 Å². The Morgan fingerprint density at radius 1 is 0.860 bits per heavy atom. The number of allylic oxidation sites excluding steroid dienone is 3. The van der Waals surface area contributed by atoms with Gasteiger partial charge in [-0.15, -0.1) is 0 Å². The summed E-state index contributed by atoms with van der Waals surface area (Å²) in [6.07, 6.45) is 0.838. The topological polar surface area (TPSA) is 92.3 Å². The van der Waals surface area contributed by atoms with Gasteiger partial charge < -0.3 is 29.0 Å². The zero-order valence-electron chi connectivity index (χ0n) is 24.8. The van der Waals surface area contributed by atoms with Crippen molar-refractivity contribution >= 4 is 27.7 Å². The summed E-state index contributed by atoms with van der Waals surface area (Å²) >= 11 is 3.68. The van der Waals surface area contributed by atoms with Crippen molar-refractivity contribution in [3.63, 3.8) is 0 Å². The first-order chi connectivity index (χ1) is 20.8. The van der Waals surface area contributed by atoms with Crippen molar-refractivity contribution in [3.05, 3.63) is 104 Å². The molecule has 224 valence electrons. The predicted molar refractivity (Wildman–Crippen MR) is 166 cm³/mol. The largest absolute Gasteiger partial charge is 0.493 e. The number of benzene rings is 3. The van der Waals surface area contributed by atoms with Crippen LogP contribution in [0, 0.1) is 0 Å². The van der Waals surface area contributed by atoms with E-state index < -0.39 is 11.9 Å². The van der Waals surface area contributed by atoms with E-state index in [1.807, 2.05) is 61.5 Å². The number of nitrogens with one attached hydrogen (secondary N) is 1. The van der Waals surface area contributed by atoms with E-state index in [1.54, 1.807) is 34.5 Å². The van der Waals surface area contributed by atoms with Gasteiger partial charge in [-0.2, -0.15) is 0 Å². The maximum Gasteiger partial charge on any atom is 0.337 e. The molecule has 0 spiro atoms. The quantitative estimate of drug-likeness (QED) is 0.260. The Balaban J connectivity index is 1.58. The summed E-state index contributed by atoms with van der Waals surface area (Å²) in [5, 5.41) is 3.41. The zero-order valence-corrected chi connectivity index (χ0v) is 26.4. The van der Waals surface area contributed by atoms with E-state index in [4.69, 9.17) is 23.7 Å². The molecule has 0 aromatic heterocycles. The Hall–Kier alpha value is -4.24. The van der Waals surface area contributed by atoms with Gasteiger partial charge in [-0.05, 0) is 60.2 Å². The normalized spacial score (nSPS) is 18.0. The van der Waals surface area contributed by atoms with Crippen molar-refractivity contribution in [2.75, 3.05) is 28.4 Å². The van der Waals surface area contributed by atoms with E-state index in [0.717, 1.165) is 16.8 Å². The SMILES string of the molecule is COc1ccc([C@H]2CC(=O)C3=C(C2)NC(C)=C(C(=O)OCc2ccccc2)[C@H]3c2cc(OC)c(OC)cc2Br)cc1OC. The van der Waals surface area contributed by atoms with Crippen LogP contribution in [0.5, 0.6) is 23.0 Å². The van der Waals surface area contributed by atoms with Gasteiger partial charge in [-0.3, -0.25) is 4.79 Å². The van der Waals surface area contributed by atoms with Crippen LogP contribution >= 0.6 is 15.9 Å². The van der Waals surface area contributed by atoms with Gasteiger partial charge in [0.05, 0.1) is 34.0 Å². The highest BCUT2D eigenvalue weighted by Crippen LogP contribution is 2.49. The highest BCUT2D eigenvalue weighted by molar-refractivity contribution is 9.10. The highest BCUT2D eigenvalue weighted by atomic mass is 79.9. The second-order valence-electron chi connectivity index (χ2n) is 10.4. The second kappa shape index (κ2) is 13.0. The molecular formula is C34H34BrNO7. The van der Waals surface area contributed by atoms with Crippen molar-refractivity contribution in [1.29, 1.82) is 0 Å². The Morgan fingerprint density at radius 3 is 2.19 bits per heavy atom. The standard InChI is InChI=1S/C34H34BrNO7/c1-19-31(34(38)43-18-20-9-7-6-8-10-20)32(23-16-29(41-4)30(42-5)17-24(23)35)33-25(36-19)13-22(14-26(33)37)21-11-12-27(39-2)28(15-21)40-3/h6-12,15-17,22,32,36H,13-14,18H2,1-5H3/t22-,32-/m1/s1. The van der Waals surface area contributed by atoms with Crippen LogP contribution in [-0.2, 0) is 20.9 Å². The Bertz CT molecular complexity index is 1610. The van der Waals surface area contributed by atoms with Gasteiger partial charge in [-0.25, -0.2) is 4.79 Å². The summed E-state index contributed by atoms with van der Waals surface area (Å²) in [5.41, 5.74) is 4.87. The number of halogens is 1. The number of carbonyl (C=O) groups excluding carboxylic acids is 2. The van der Waals surface area contributed by atoms with E-state index in [0.29, 0.717) is 56.3 Å². The summed E-state index contributed by atoms with van der Waals surface area (Å²) in [4.78, 5) is 27.9. The van der Waals surface area contributed by atoms with Crippen LogP contribution in [0.3, 0.4) is 0 Å². The van der Waals surface area contributed by atoms with Crippen molar-refractivity contribution in [2.24, 2.45) is 0 Å². The van der Waals surface area contributed by atoms with Gasteiger partial charge in [0.15, 0.2) is 28.8 Å². The molecule has 3 aromatic carbocycles. The Morgan fingerprint density at radius 2 is 1.51 bits per heavy atom. The second-order valence-corrected chi connectivity index (χ2v) is 11.3. The monoisotopic (exact) mass is 647 g/mol. The third kappa shape index (κ3) is 5.99. The van der Waals surface area contributed by atoms with Crippen molar-refractivity contribution in [3.8, 4) is 23.0 Å². The molecule has 0 saturated carbocycles. The molecule has 8 nitrogen and oxygen atoms in total. The van der Waals surface area contributed by atoms with Crippen molar-refractivity contribution < 1.29 is 33.3 Å². The van der Waals surface area contributed by atoms with E-state index in [9.17, 15) is 9.59 Å². The average molecular weight is 649 g/mol. The highest BCUT2D eigenvalue weighted by Gasteiger charge is 2.42. The number of methoxy groups -OCH3 is 4. The number of Topliss-reactive ketones (excluding diaryl/α,β-unsaturated/α-hetero) is 1. The summed E-state index contributed by atoms with van der Waals surface area (Å²) in [6, 6.07) is 18.8. The van der Waals surface area contributed by atoms with Crippen LogP contribution in [0.15, 0.2) is 87.7 Å². The number of esters is 1. The minimum absolute atomic E-state index is 0.0546. The van der Waals surface area contributed by atoms with Gasteiger partial charge in [0.1, 0.15) is 6.61 Å². The fraction of sp³-hybridized carbons (Fsp3) is 0.294. The first-order valence-corrected chi connectivity index (χ1v) is 14.7. The minimum atomic E-state index is -0.687. The molecule has 2 aliphatic rings. The number of rotatable bonds is 9. The lowest BCUT2D eigenvalue weighted by molar-refractivity contribution is -0.140. The Labute approximate surface area is 259 Å². The molecule has 0 amide bonds. The van der Waals surface area contributed by atoms with Gasteiger partial charge in [0.2, 0.25) is 0 Å². The predicted octanol–water partition coefficient (Wildman–Crippen LogP) is 6.59. The molecule has 0 bridgehead atoms. The molecule has 1 aliphatic carbocycles. The number of hydrogen-bond donors (Lipinski definition) is 1. The first kappa shape index (κ1) is 30.2. The molecule has 0 unspecified atom stereocenters. The van der Waals surface area contributed by atoms with E-state index in [-0.39, 0.29) is 24.7 Å². The molecule has 9 heteroatoms. The minimum Gasteiger partial charge on any atom is -0.493 e. The fourth-order valence-corrected chi connectivity index (χ4v) is 6.41. The summed E-state index contributed by atoms with van der Waals surface area (Å²) in [5.74, 6) is 0.916. The molecule has 1 heterocycles. The molecule has 0 radical (unpaired) electrons. The number of carbonyl (C=O) groups is 2. The van der Waals surface area contributed by atoms with Crippen LogP contribution < -0.4 is 24.3 Å². The van der Waals surface area contributed by atoms with E-state index in [2.05, 4.69) is 21.2 Å². The number of dihydropyridines is 1. The molecule has 0 fully saturated rings. The molecule has 43 heavy (non-hydrogen) atoms. The lowest BCUT2D eigenvalue weighted by Crippen LogP contribution is -2.36. The van der Waals surface area contributed by atoms with Crippen molar-refractivity contribution in [2.45, 2.75) is 38.2 Å². The van der Waals surface area contributed by atoms with Gasteiger partial charge in [0.25, 0.3) is 0 Å². The van der Waals surface area contributed by atoms with Crippen LogP contribution in [0.2, 0.25) is 0 Å². The molecule has 0 saturated heterocycles.